The van der Waals surface area contributed by atoms with Gasteiger partial charge in [0, 0.05) is 11.1 Å². The predicted molar refractivity (Wildman–Crippen MR) is 79.8 cm³/mol. The Hall–Kier alpha value is -2.29. The summed E-state index contributed by atoms with van der Waals surface area (Å²) in [6, 6.07) is 12.0. The van der Waals surface area contributed by atoms with Gasteiger partial charge in [-0.15, -0.1) is 0 Å². The first-order valence-electron chi connectivity index (χ1n) is 6.59. The summed E-state index contributed by atoms with van der Waals surface area (Å²) in [4.78, 5) is 11.8. The lowest BCUT2D eigenvalue weighted by Crippen LogP contribution is -2.16. The molecule has 0 radical (unpaired) electrons. The molecule has 3 rings (SSSR count). The van der Waals surface area contributed by atoms with Crippen molar-refractivity contribution in [2.24, 2.45) is 0 Å². The number of rotatable bonds is 1. The molecule has 0 aliphatic heterocycles. The predicted octanol–water partition coefficient (Wildman–Crippen LogP) is 3.36. The molecular formula is C17H17NO2. The highest BCUT2D eigenvalue weighted by Gasteiger charge is 2.36. The molecule has 0 saturated heterocycles. The van der Waals surface area contributed by atoms with E-state index < -0.39 is 5.97 Å². The minimum atomic E-state index is -0.392. The summed E-state index contributed by atoms with van der Waals surface area (Å²) >= 11 is 0. The van der Waals surface area contributed by atoms with Crippen molar-refractivity contribution in [3.05, 3.63) is 53.1 Å². The molecule has 0 atom stereocenters. The van der Waals surface area contributed by atoms with Gasteiger partial charge in [0.2, 0.25) is 0 Å². The Morgan fingerprint density at radius 2 is 1.80 bits per heavy atom. The zero-order chi connectivity index (χ0) is 14.5. The van der Waals surface area contributed by atoms with Crippen LogP contribution >= 0.6 is 0 Å². The van der Waals surface area contributed by atoms with Gasteiger partial charge in [0.25, 0.3) is 0 Å². The van der Waals surface area contributed by atoms with E-state index in [-0.39, 0.29) is 5.41 Å². The average Bonchev–Trinajstić information content (AvgIpc) is 2.66. The van der Waals surface area contributed by atoms with Gasteiger partial charge >= 0.3 is 5.97 Å². The number of carbonyl (C=O) groups is 1. The van der Waals surface area contributed by atoms with Crippen molar-refractivity contribution in [3.63, 3.8) is 0 Å². The molecule has 2 N–H and O–H groups in total. The lowest BCUT2D eigenvalue weighted by Gasteiger charge is -2.22. The summed E-state index contributed by atoms with van der Waals surface area (Å²) < 4.78 is 4.80. The topological polar surface area (TPSA) is 52.3 Å². The number of hydrogen-bond donors (Lipinski definition) is 1. The standard InChI is InChI=1S/C17H17NO2/c1-17(2)13-7-5-4-6-10(13)11-9-15(18)12(8-14(11)17)16(19)20-3/h4-9H,18H2,1-3H3. The number of ether oxygens (including phenoxy) is 1. The van der Waals surface area contributed by atoms with Crippen LogP contribution in [0.4, 0.5) is 5.69 Å². The number of nitrogens with two attached hydrogens (primary N) is 1. The summed E-state index contributed by atoms with van der Waals surface area (Å²) in [5.74, 6) is -0.392. The monoisotopic (exact) mass is 267 g/mol. The molecule has 3 nitrogen and oxygen atoms in total. The van der Waals surface area contributed by atoms with Crippen LogP contribution in [0.1, 0.15) is 35.3 Å². The fourth-order valence-electron chi connectivity index (χ4n) is 3.05. The molecule has 0 heterocycles. The third-order valence-electron chi connectivity index (χ3n) is 4.16. The van der Waals surface area contributed by atoms with Crippen LogP contribution in [-0.4, -0.2) is 13.1 Å². The van der Waals surface area contributed by atoms with Crippen LogP contribution in [-0.2, 0) is 10.2 Å². The van der Waals surface area contributed by atoms with Crippen LogP contribution in [0.25, 0.3) is 11.1 Å². The normalized spacial score (nSPS) is 14.6. The third kappa shape index (κ3) is 1.56. The number of methoxy groups -OCH3 is 1. The molecule has 1 aliphatic carbocycles. The molecule has 0 aromatic heterocycles. The summed E-state index contributed by atoms with van der Waals surface area (Å²) in [7, 11) is 1.37. The van der Waals surface area contributed by atoms with Crippen molar-refractivity contribution in [1.82, 2.24) is 0 Å². The van der Waals surface area contributed by atoms with E-state index in [2.05, 4.69) is 26.0 Å². The molecule has 0 unspecified atom stereocenters. The number of esters is 1. The van der Waals surface area contributed by atoms with Gasteiger partial charge in [-0.05, 0) is 34.4 Å². The number of benzene rings is 2. The maximum atomic E-state index is 11.8. The molecular weight excluding hydrogens is 250 g/mol. The summed E-state index contributed by atoms with van der Waals surface area (Å²) in [6.45, 7) is 4.32. The molecule has 2 aromatic carbocycles. The lowest BCUT2D eigenvalue weighted by molar-refractivity contribution is 0.0602. The molecule has 0 saturated carbocycles. The van der Waals surface area contributed by atoms with E-state index in [1.165, 1.54) is 18.2 Å². The molecule has 3 heteroatoms. The molecule has 20 heavy (non-hydrogen) atoms. The lowest BCUT2D eigenvalue weighted by atomic mass is 9.82. The zero-order valence-electron chi connectivity index (χ0n) is 11.9. The van der Waals surface area contributed by atoms with Gasteiger partial charge in [-0.2, -0.15) is 0 Å². The van der Waals surface area contributed by atoms with Crippen molar-refractivity contribution in [1.29, 1.82) is 0 Å². The second-order valence-corrected chi connectivity index (χ2v) is 5.65. The minimum absolute atomic E-state index is 0.137. The van der Waals surface area contributed by atoms with Gasteiger partial charge in [-0.1, -0.05) is 38.1 Å². The number of carbonyl (C=O) groups excluding carboxylic acids is 1. The largest absolute Gasteiger partial charge is 0.465 e. The van der Waals surface area contributed by atoms with Crippen LogP contribution in [0.2, 0.25) is 0 Å². The van der Waals surface area contributed by atoms with E-state index in [0.717, 1.165) is 11.1 Å². The van der Waals surface area contributed by atoms with Crippen LogP contribution in [0.15, 0.2) is 36.4 Å². The first-order chi connectivity index (χ1) is 9.46. The van der Waals surface area contributed by atoms with E-state index in [1.54, 1.807) is 0 Å². The minimum Gasteiger partial charge on any atom is -0.465 e. The Labute approximate surface area is 118 Å². The maximum absolute atomic E-state index is 11.8. The number of nitrogen functional groups attached to an aromatic ring is 1. The van der Waals surface area contributed by atoms with Crippen molar-refractivity contribution >= 4 is 11.7 Å². The molecule has 0 amide bonds. The fourth-order valence-corrected chi connectivity index (χ4v) is 3.05. The van der Waals surface area contributed by atoms with Crippen molar-refractivity contribution in [3.8, 4) is 11.1 Å². The Morgan fingerprint density at radius 1 is 1.10 bits per heavy atom. The van der Waals surface area contributed by atoms with E-state index in [1.807, 2.05) is 24.3 Å². The Balaban J connectivity index is 2.30. The highest BCUT2D eigenvalue weighted by atomic mass is 16.5. The highest BCUT2D eigenvalue weighted by molar-refractivity contribution is 5.98. The maximum Gasteiger partial charge on any atom is 0.339 e. The molecule has 102 valence electrons. The molecule has 0 spiro atoms. The third-order valence-corrected chi connectivity index (χ3v) is 4.16. The highest BCUT2D eigenvalue weighted by Crippen LogP contribution is 2.49. The van der Waals surface area contributed by atoms with E-state index >= 15 is 0 Å². The van der Waals surface area contributed by atoms with Crippen LogP contribution in [0.5, 0.6) is 0 Å². The van der Waals surface area contributed by atoms with Gasteiger partial charge in [0.15, 0.2) is 0 Å². The Morgan fingerprint density at radius 3 is 2.50 bits per heavy atom. The Kier molecular flexibility index (Phi) is 2.61. The quantitative estimate of drug-likeness (QED) is 0.636. The zero-order valence-corrected chi connectivity index (χ0v) is 11.9. The summed E-state index contributed by atoms with van der Waals surface area (Å²) in [5, 5.41) is 0. The summed E-state index contributed by atoms with van der Waals surface area (Å²) in [6.07, 6.45) is 0. The average molecular weight is 267 g/mol. The van der Waals surface area contributed by atoms with Crippen LogP contribution < -0.4 is 5.73 Å². The fraction of sp³-hybridized carbons (Fsp3) is 0.235. The van der Waals surface area contributed by atoms with E-state index in [9.17, 15) is 4.79 Å². The van der Waals surface area contributed by atoms with Crippen molar-refractivity contribution < 1.29 is 9.53 Å². The summed E-state index contributed by atoms with van der Waals surface area (Å²) in [5.41, 5.74) is 11.5. The van der Waals surface area contributed by atoms with Gasteiger partial charge < -0.3 is 10.5 Å². The van der Waals surface area contributed by atoms with Crippen molar-refractivity contribution in [2.45, 2.75) is 19.3 Å². The molecule has 2 aromatic rings. The van der Waals surface area contributed by atoms with Crippen LogP contribution in [0.3, 0.4) is 0 Å². The first kappa shape index (κ1) is 12.7. The SMILES string of the molecule is COC(=O)c1cc2c(cc1N)-c1ccccc1C2(C)C. The van der Waals surface area contributed by atoms with Crippen LogP contribution in [0, 0.1) is 0 Å². The number of anilines is 1. The van der Waals surface area contributed by atoms with Gasteiger partial charge in [-0.25, -0.2) is 4.79 Å². The number of fused-ring (bicyclic) bond motifs is 3. The second kappa shape index (κ2) is 4.10. The first-order valence-corrected chi connectivity index (χ1v) is 6.59. The van der Waals surface area contributed by atoms with Gasteiger partial charge in [0.05, 0.1) is 12.7 Å². The molecule has 1 aliphatic rings. The smallest absolute Gasteiger partial charge is 0.339 e. The van der Waals surface area contributed by atoms with Gasteiger partial charge in [-0.3, -0.25) is 0 Å². The molecule has 0 bridgehead atoms. The van der Waals surface area contributed by atoms with E-state index in [0.29, 0.717) is 11.3 Å². The van der Waals surface area contributed by atoms with Crippen molar-refractivity contribution in [2.75, 3.05) is 12.8 Å². The Bertz CT molecular complexity index is 717. The van der Waals surface area contributed by atoms with Gasteiger partial charge in [0.1, 0.15) is 0 Å². The second-order valence-electron chi connectivity index (χ2n) is 5.65. The van der Waals surface area contributed by atoms with E-state index in [4.69, 9.17) is 10.5 Å². The molecule has 0 fully saturated rings. The number of hydrogen-bond acceptors (Lipinski definition) is 3.